The number of hydrogen-bond donors (Lipinski definition) is 2. The summed E-state index contributed by atoms with van der Waals surface area (Å²) in [6.07, 6.45) is 5.04. The number of thiophene rings is 1. The fourth-order valence-electron chi connectivity index (χ4n) is 4.05. The number of carbonyl (C=O) groups is 1. The van der Waals surface area contributed by atoms with Crippen LogP contribution in [0.1, 0.15) is 58.4 Å². The second-order valence-corrected chi connectivity index (χ2v) is 8.13. The van der Waals surface area contributed by atoms with Gasteiger partial charge in [0.05, 0.1) is 6.10 Å². The van der Waals surface area contributed by atoms with Crippen molar-refractivity contribution in [1.29, 1.82) is 0 Å². The number of aryl methyl sites for hydroxylation is 1. The van der Waals surface area contributed by atoms with Gasteiger partial charge in [-0.1, -0.05) is 6.07 Å². The summed E-state index contributed by atoms with van der Waals surface area (Å²) in [5.41, 5.74) is 8.25. The number of hydrogen-bond acceptors (Lipinski definition) is 6. The van der Waals surface area contributed by atoms with E-state index in [4.69, 9.17) is 5.73 Å². The number of rotatable bonds is 3. The standard InChI is InChI=1S/C19H24N4O2S/c20-19-21-14-5-2-1-4-13(14)16(22-19)18(25)23-9-7-12(8-10-23)17(24)15-6-3-11-26-15/h3,6,11-12,17,24H,1-2,4-5,7-10H2,(H2,20,21,22). The first-order chi connectivity index (χ1) is 12.6. The van der Waals surface area contributed by atoms with Crippen LogP contribution >= 0.6 is 11.3 Å². The van der Waals surface area contributed by atoms with E-state index in [0.29, 0.717) is 18.8 Å². The number of aliphatic hydroxyl groups is 1. The molecule has 1 aliphatic carbocycles. The number of piperidine rings is 1. The second kappa shape index (κ2) is 7.32. The van der Waals surface area contributed by atoms with Crippen LogP contribution in [0.3, 0.4) is 0 Å². The Morgan fingerprint density at radius 1 is 1.27 bits per heavy atom. The molecule has 1 amide bonds. The number of nitrogens with two attached hydrogens (primary N) is 1. The average Bonchev–Trinajstić information content (AvgIpc) is 3.21. The molecule has 3 heterocycles. The Labute approximate surface area is 157 Å². The third kappa shape index (κ3) is 3.33. The molecule has 3 N–H and O–H groups in total. The summed E-state index contributed by atoms with van der Waals surface area (Å²) in [5.74, 6) is 0.348. The van der Waals surface area contributed by atoms with Crippen molar-refractivity contribution >= 4 is 23.2 Å². The molecule has 0 saturated carbocycles. The summed E-state index contributed by atoms with van der Waals surface area (Å²) < 4.78 is 0. The highest BCUT2D eigenvalue weighted by Gasteiger charge is 2.31. The largest absolute Gasteiger partial charge is 0.387 e. The average molecular weight is 372 g/mol. The zero-order valence-corrected chi connectivity index (χ0v) is 15.5. The molecule has 26 heavy (non-hydrogen) atoms. The van der Waals surface area contributed by atoms with E-state index in [1.165, 1.54) is 0 Å². The maximum atomic E-state index is 13.0. The lowest BCUT2D eigenvalue weighted by Gasteiger charge is -2.34. The molecule has 2 aromatic heterocycles. The van der Waals surface area contributed by atoms with Gasteiger partial charge in [-0.15, -0.1) is 11.3 Å². The topological polar surface area (TPSA) is 92.3 Å². The molecule has 1 atom stereocenters. The van der Waals surface area contributed by atoms with E-state index in [-0.39, 0.29) is 17.8 Å². The van der Waals surface area contributed by atoms with Crippen LogP contribution in [0.15, 0.2) is 17.5 Å². The summed E-state index contributed by atoms with van der Waals surface area (Å²) in [6.45, 7) is 1.29. The van der Waals surface area contributed by atoms with Crippen LogP contribution in [0.2, 0.25) is 0 Å². The number of amides is 1. The highest BCUT2D eigenvalue weighted by molar-refractivity contribution is 7.10. The zero-order chi connectivity index (χ0) is 18.1. The van der Waals surface area contributed by atoms with Crippen molar-refractivity contribution < 1.29 is 9.90 Å². The lowest BCUT2D eigenvalue weighted by Crippen LogP contribution is -2.40. The molecule has 138 valence electrons. The van der Waals surface area contributed by atoms with Crippen LogP contribution in [0.5, 0.6) is 0 Å². The number of nitrogens with zero attached hydrogens (tertiary/aromatic N) is 3. The monoisotopic (exact) mass is 372 g/mol. The van der Waals surface area contributed by atoms with Crippen LogP contribution in [0.25, 0.3) is 0 Å². The molecular weight excluding hydrogens is 348 g/mol. The molecule has 6 nitrogen and oxygen atoms in total. The Balaban J connectivity index is 1.47. The van der Waals surface area contributed by atoms with E-state index in [1.54, 1.807) is 11.3 Å². The minimum absolute atomic E-state index is 0.0405. The summed E-state index contributed by atoms with van der Waals surface area (Å²) in [5, 5.41) is 12.5. The highest BCUT2D eigenvalue weighted by Crippen LogP contribution is 2.33. The van der Waals surface area contributed by atoms with Gasteiger partial charge in [-0.3, -0.25) is 4.79 Å². The Bertz CT molecular complexity index is 785. The van der Waals surface area contributed by atoms with Crippen molar-refractivity contribution in [1.82, 2.24) is 14.9 Å². The molecule has 0 radical (unpaired) electrons. The first-order valence-corrected chi connectivity index (χ1v) is 10.2. The number of fused-ring (bicyclic) bond motifs is 1. The Hall–Kier alpha value is -1.99. The maximum absolute atomic E-state index is 13.0. The molecule has 2 aliphatic rings. The maximum Gasteiger partial charge on any atom is 0.272 e. The summed E-state index contributed by atoms with van der Waals surface area (Å²) in [6, 6.07) is 3.94. The van der Waals surface area contributed by atoms with Gasteiger partial charge in [0.15, 0.2) is 0 Å². The first kappa shape index (κ1) is 17.4. The highest BCUT2D eigenvalue weighted by atomic mass is 32.1. The number of nitrogen functional groups attached to an aromatic ring is 1. The molecule has 1 unspecified atom stereocenters. The number of aliphatic hydroxyl groups excluding tert-OH is 1. The SMILES string of the molecule is Nc1nc2c(c(C(=O)N3CCC(C(O)c4cccs4)CC3)n1)CCCC2. The van der Waals surface area contributed by atoms with E-state index >= 15 is 0 Å². The molecule has 2 aromatic rings. The molecule has 0 spiro atoms. The molecule has 0 aromatic carbocycles. The third-order valence-corrected chi connectivity index (χ3v) is 6.45. The van der Waals surface area contributed by atoms with Gasteiger partial charge in [-0.05, 0) is 55.9 Å². The van der Waals surface area contributed by atoms with Crippen LogP contribution in [0, 0.1) is 5.92 Å². The van der Waals surface area contributed by atoms with E-state index in [1.807, 2.05) is 22.4 Å². The molecule has 7 heteroatoms. The fraction of sp³-hybridized carbons (Fsp3) is 0.526. The lowest BCUT2D eigenvalue weighted by atomic mass is 9.89. The van der Waals surface area contributed by atoms with E-state index in [9.17, 15) is 9.90 Å². The number of aromatic nitrogens is 2. The third-order valence-electron chi connectivity index (χ3n) is 5.51. The Kier molecular flexibility index (Phi) is 4.91. The van der Waals surface area contributed by atoms with Gasteiger partial charge in [0.1, 0.15) is 5.69 Å². The number of likely N-dealkylation sites (tertiary alicyclic amines) is 1. The number of anilines is 1. The molecule has 0 bridgehead atoms. The number of carbonyl (C=O) groups excluding carboxylic acids is 1. The van der Waals surface area contributed by atoms with Crippen LogP contribution in [-0.4, -0.2) is 39.0 Å². The molecule has 1 saturated heterocycles. The summed E-state index contributed by atoms with van der Waals surface area (Å²) in [7, 11) is 0. The summed E-state index contributed by atoms with van der Waals surface area (Å²) >= 11 is 1.58. The smallest absolute Gasteiger partial charge is 0.272 e. The van der Waals surface area contributed by atoms with Gasteiger partial charge < -0.3 is 15.7 Å². The van der Waals surface area contributed by atoms with Crippen LogP contribution in [-0.2, 0) is 12.8 Å². The van der Waals surface area contributed by atoms with Crippen molar-refractivity contribution in [2.24, 2.45) is 5.92 Å². The van der Waals surface area contributed by atoms with E-state index in [2.05, 4.69) is 9.97 Å². The minimum atomic E-state index is -0.435. The van der Waals surface area contributed by atoms with Gasteiger partial charge in [0.25, 0.3) is 5.91 Å². The van der Waals surface area contributed by atoms with Crippen LogP contribution < -0.4 is 5.73 Å². The normalized spacial score (nSPS) is 19.2. The molecule has 1 aliphatic heterocycles. The Morgan fingerprint density at radius 3 is 2.77 bits per heavy atom. The van der Waals surface area contributed by atoms with Crippen molar-refractivity contribution in [3.05, 3.63) is 39.3 Å². The van der Waals surface area contributed by atoms with Gasteiger partial charge >= 0.3 is 0 Å². The molecular formula is C19H24N4O2S. The van der Waals surface area contributed by atoms with Crippen LogP contribution in [0.4, 0.5) is 5.95 Å². The molecule has 1 fully saturated rings. The van der Waals surface area contributed by atoms with Crippen molar-refractivity contribution in [3.63, 3.8) is 0 Å². The van der Waals surface area contributed by atoms with Crippen molar-refractivity contribution in [2.75, 3.05) is 18.8 Å². The van der Waals surface area contributed by atoms with Gasteiger partial charge in [-0.2, -0.15) is 0 Å². The molecule has 4 rings (SSSR count). The van der Waals surface area contributed by atoms with Gasteiger partial charge in [0, 0.05) is 29.2 Å². The fourth-order valence-corrected chi connectivity index (χ4v) is 4.85. The predicted molar refractivity (Wildman–Crippen MR) is 101 cm³/mol. The van der Waals surface area contributed by atoms with Crippen molar-refractivity contribution in [2.45, 2.75) is 44.6 Å². The first-order valence-electron chi connectivity index (χ1n) is 9.29. The second-order valence-electron chi connectivity index (χ2n) is 7.15. The van der Waals surface area contributed by atoms with E-state index in [0.717, 1.165) is 54.7 Å². The lowest BCUT2D eigenvalue weighted by molar-refractivity contribution is 0.0469. The Morgan fingerprint density at radius 2 is 2.04 bits per heavy atom. The quantitative estimate of drug-likeness (QED) is 0.864. The van der Waals surface area contributed by atoms with Crippen molar-refractivity contribution in [3.8, 4) is 0 Å². The summed E-state index contributed by atoms with van der Waals surface area (Å²) in [4.78, 5) is 24.5. The predicted octanol–water partition coefficient (Wildman–Crippen LogP) is 2.58. The van der Waals surface area contributed by atoms with Gasteiger partial charge in [-0.25, -0.2) is 9.97 Å². The van der Waals surface area contributed by atoms with Gasteiger partial charge in [0.2, 0.25) is 5.95 Å². The van der Waals surface area contributed by atoms with E-state index < -0.39 is 6.10 Å². The minimum Gasteiger partial charge on any atom is -0.387 e. The zero-order valence-electron chi connectivity index (χ0n) is 14.7.